The number of ether oxygens (including phenoxy) is 1. The van der Waals surface area contributed by atoms with Crippen molar-refractivity contribution < 1.29 is 19.1 Å². The van der Waals surface area contributed by atoms with E-state index in [1.54, 1.807) is 6.07 Å². The molecule has 1 aromatic heterocycles. The molecule has 2 aromatic rings. The second kappa shape index (κ2) is 4.83. The fourth-order valence-electron chi connectivity index (χ4n) is 2.08. The number of oxazole rings is 1. The van der Waals surface area contributed by atoms with Gasteiger partial charge in [0.15, 0.2) is 11.7 Å². The van der Waals surface area contributed by atoms with Gasteiger partial charge < -0.3 is 19.2 Å². The third kappa shape index (κ3) is 2.17. The fourth-order valence-corrected chi connectivity index (χ4v) is 2.08. The molecule has 1 unspecified atom stereocenters. The number of hydrogen-bond donors (Lipinski definition) is 1. The summed E-state index contributed by atoms with van der Waals surface area (Å²) in [5.41, 5.74) is 1.15. The largest absolute Gasteiger partial charge is 0.478 e. The second-order valence-corrected chi connectivity index (χ2v) is 4.42. The highest BCUT2D eigenvalue weighted by Gasteiger charge is 2.24. The van der Waals surface area contributed by atoms with Gasteiger partial charge in [0, 0.05) is 6.54 Å². The molecule has 0 radical (unpaired) electrons. The van der Waals surface area contributed by atoms with E-state index in [-0.39, 0.29) is 5.56 Å². The minimum absolute atomic E-state index is 0.150. The van der Waals surface area contributed by atoms with Crippen molar-refractivity contribution in [3.8, 4) is 6.07 Å². The first-order valence-electron chi connectivity index (χ1n) is 6.07. The Morgan fingerprint density at radius 2 is 2.40 bits per heavy atom. The number of aromatic carboxylic acids is 1. The summed E-state index contributed by atoms with van der Waals surface area (Å²) in [6, 6.07) is 6.96. The van der Waals surface area contributed by atoms with E-state index in [1.165, 1.54) is 12.1 Å². The number of rotatable bonds is 2. The molecule has 1 aromatic carbocycles. The van der Waals surface area contributed by atoms with Crippen LogP contribution in [-0.2, 0) is 4.74 Å². The van der Waals surface area contributed by atoms with Gasteiger partial charge in [-0.25, -0.2) is 4.79 Å². The summed E-state index contributed by atoms with van der Waals surface area (Å²) >= 11 is 0. The molecule has 0 spiro atoms. The molecule has 1 aliphatic heterocycles. The zero-order valence-electron chi connectivity index (χ0n) is 10.4. The molecule has 1 atom stereocenters. The Labute approximate surface area is 114 Å². The van der Waals surface area contributed by atoms with Crippen LogP contribution in [0.4, 0.5) is 6.01 Å². The number of nitriles is 1. The summed E-state index contributed by atoms with van der Waals surface area (Å²) < 4.78 is 10.8. The fraction of sp³-hybridized carbons (Fsp3) is 0.308. The van der Waals surface area contributed by atoms with Crippen LogP contribution in [0.3, 0.4) is 0 Å². The lowest BCUT2D eigenvalue weighted by atomic mass is 10.2. The maximum atomic E-state index is 10.9. The van der Waals surface area contributed by atoms with Gasteiger partial charge in [0.05, 0.1) is 24.8 Å². The number of anilines is 1. The van der Waals surface area contributed by atoms with Crippen LogP contribution in [-0.4, -0.2) is 41.9 Å². The predicted octanol–water partition coefficient (Wildman–Crippen LogP) is 1.25. The van der Waals surface area contributed by atoms with E-state index in [0.29, 0.717) is 36.8 Å². The number of carboxylic acids is 1. The highest BCUT2D eigenvalue weighted by molar-refractivity contribution is 5.92. The van der Waals surface area contributed by atoms with Crippen LogP contribution in [0, 0.1) is 11.3 Å². The van der Waals surface area contributed by atoms with Gasteiger partial charge in [0.25, 0.3) is 6.01 Å². The molecular formula is C13H11N3O4. The van der Waals surface area contributed by atoms with Crippen LogP contribution in [0.15, 0.2) is 22.6 Å². The van der Waals surface area contributed by atoms with Gasteiger partial charge >= 0.3 is 5.97 Å². The zero-order chi connectivity index (χ0) is 14.1. The summed E-state index contributed by atoms with van der Waals surface area (Å²) in [6.45, 7) is 1.39. The highest BCUT2D eigenvalue weighted by Crippen LogP contribution is 2.24. The van der Waals surface area contributed by atoms with Crippen molar-refractivity contribution in [1.82, 2.24) is 4.98 Å². The quantitative estimate of drug-likeness (QED) is 0.878. The van der Waals surface area contributed by atoms with Crippen LogP contribution < -0.4 is 4.90 Å². The number of aromatic nitrogens is 1. The molecule has 7 nitrogen and oxygen atoms in total. The lowest BCUT2D eigenvalue weighted by molar-refractivity contribution is 0.0697. The molecule has 102 valence electrons. The average Bonchev–Trinajstić information content (AvgIpc) is 2.90. The first-order valence-corrected chi connectivity index (χ1v) is 6.07. The summed E-state index contributed by atoms with van der Waals surface area (Å²) in [7, 11) is 0. The SMILES string of the molecule is N#CC1CN(c2nc3ccc(C(=O)O)cc3o2)CCO1. The van der Waals surface area contributed by atoms with Crippen molar-refractivity contribution in [2.75, 3.05) is 24.6 Å². The Balaban J connectivity index is 1.92. The Hall–Kier alpha value is -2.59. The number of morpholine rings is 1. The molecule has 1 N–H and O–H groups in total. The normalized spacial score (nSPS) is 18.9. The number of fused-ring (bicyclic) bond motifs is 1. The van der Waals surface area contributed by atoms with Crippen LogP contribution in [0.2, 0.25) is 0 Å². The number of hydrogen-bond acceptors (Lipinski definition) is 6. The summed E-state index contributed by atoms with van der Waals surface area (Å²) in [5.74, 6) is -1.01. The molecule has 7 heteroatoms. The van der Waals surface area contributed by atoms with Crippen LogP contribution in [0.25, 0.3) is 11.1 Å². The summed E-state index contributed by atoms with van der Waals surface area (Å²) in [4.78, 5) is 17.0. The zero-order valence-corrected chi connectivity index (χ0v) is 10.4. The van der Waals surface area contributed by atoms with Crippen molar-refractivity contribution >= 4 is 23.1 Å². The maximum Gasteiger partial charge on any atom is 0.335 e. The predicted molar refractivity (Wildman–Crippen MR) is 68.5 cm³/mol. The molecule has 1 fully saturated rings. The third-order valence-corrected chi connectivity index (χ3v) is 3.11. The van der Waals surface area contributed by atoms with Crippen molar-refractivity contribution in [2.24, 2.45) is 0 Å². The molecule has 20 heavy (non-hydrogen) atoms. The van der Waals surface area contributed by atoms with Gasteiger partial charge in [-0.2, -0.15) is 10.2 Å². The Morgan fingerprint density at radius 1 is 1.55 bits per heavy atom. The van der Waals surface area contributed by atoms with Gasteiger partial charge in [-0.3, -0.25) is 0 Å². The number of carbonyl (C=O) groups is 1. The van der Waals surface area contributed by atoms with E-state index < -0.39 is 12.1 Å². The number of nitrogens with zero attached hydrogens (tertiary/aromatic N) is 3. The van der Waals surface area contributed by atoms with Crippen molar-refractivity contribution in [3.05, 3.63) is 23.8 Å². The molecule has 0 amide bonds. The summed E-state index contributed by atoms with van der Waals surface area (Å²) in [6.07, 6.45) is -0.506. The van der Waals surface area contributed by atoms with Gasteiger partial charge in [0.2, 0.25) is 0 Å². The molecule has 2 heterocycles. The third-order valence-electron chi connectivity index (χ3n) is 3.11. The van der Waals surface area contributed by atoms with E-state index >= 15 is 0 Å². The van der Waals surface area contributed by atoms with E-state index in [2.05, 4.69) is 11.1 Å². The first-order chi connectivity index (χ1) is 9.67. The van der Waals surface area contributed by atoms with Crippen LogP contribution in [0.5, 0.6) is 0 Å². The van der Waals surface area contributed by atoms with E-state index in [1.807, 2.05) is 4.90 Å². The highest BCUT2D eigenvalue weighted by atomic mass is 16.5. The Bertz CT molecular complexity index is 703. The van der Waals surface area contributed by atoms with Gasteiger partial charge in [-0.05, 0) is 18.2 Å². The average molecular weight is 273 g/mol. The first kappa shape index (κ1) is 12.4. The van der Waals surface area contributed by atoms with Gasteiger partial charge in [0.1, 0.15) is 5.52 Å². The molecule has 1 saturated heterocycles. The van der Waals surface area contributed by atoms with E-state index in [0.717, 1.165) is 0 Å². The molecule has 3 rings (SSSR count). The lowest BCUT2D eigenvalue weighted by Gasteiger charge is -2.28. The van der Waals surface area contributed by atoms with Crippen molar-refractivity contribution in [3.63, 3.8) is 0 Å². The van der Waals surface area contributed by atoms with Crippen LogP contribution in [0.1, 0.15) is 10.4 Å². The smallest absolute Gasteiger partial charge is 0.335 e. The van der Waals surface area contributed by atoms with Gasteiger partial charge in [-0.15, -0.1) is 0 Å². The number of carboxylic acid groups (broad SMARTS) is 1. The van der Waals surface area contributed by atoms with Crippen molar-refractivity contribution in [2.45, 2.75) is 6.10 Å². The molecule has 0 bridgehead atoms. The van der Waals surface area contributed by atoms with Crippen molar-refractivity contribution in [1.29, 1.82) is 5.26 Å². The lowest BCUT2D eigenvalue weighted by Crippen LogP contribution is -2.42. The minimum Gasteiger partial charge on any atom is -0.478 e. The standard InChI is InChI=1S/C13H11N3O4/c14-6-9-7-16(3-4-19-9)13-15-10-2-1-8(12(17)18)5-11(10)20-13/h1-2,5,9H,3-4,7H2,(H,17,18). The molecule has 0 aliphatic carbocycles. The Kier molecular flexibility index (Phi) is 3.00. The van der Waals surface area contributed by atoms with Gasteiger partial charge in [-0.1, -0.05) is 0 Å². The maximum absolute atomic E-state index is 10.9. The van der Waals surface area contributed by atoms with Crippen LogP contribution >= 0.6 is 0 Å². The molecular weight excluding hydrogens is 262 g/mol. The monoisotopic (exact) mass is 273 g/mol. The summed E-state index contributed by atoms with van der Waals surface area (Å²) in [5, 5.41) is 17.8. The molecule has 1 aliphatic rings. The Morgan fingerprint density at radius 3 is 3.15 bits per heavy atom. The molecule has 0 saturated carbocycles. The van der Waals surface area contributed by atoms with E-state index in [9.17, 15) is 4.79 Å². The topological polar surface area (TPSA) is 99.6 Å². The number of benzene rings is 1. The minimum atomic E-state index is -1.01. The second-order valence-electron chi connectivity index (χ2n) is 4.42. The van der Waals surface area contributed by atoms with E-state index in [4.69, 9.17) is 19.5 Å².